The Kier molecular flexibility index (Phi) is 5.41. The lowest BCUT2D eigenvalue weighted by Crippen LogP contribution is -2.07. The van der Waals surface area contributed by atoms with Crippen molar-refractivity contribution in [1.82, 2.24) is 9.97 Å². The van der Waals surface area contributed by atoms with Crippen LogP contribution in [0.2, 0.25) is 0 Å². The molecule has 3 aromatic rings. The van der Waals surface area contributed by atoms with Crippen LogP contribution in [0.3, 0.4) is 0 Å². The number of halogens is 1. The van der Waals surface area contributed by atoms with Gasteiger partial charge in [-0.25, -0.2) is 19.2 Å². The van der Waals surface area contributed by atoms with Gasteiger partial charge in [0.1, 0.15) is 11.5 Å². The monoisotopic (exact) mass is 353 g/mol. The van der Waals surface area contributed by atoms with E-state index in [4.69, 9.17) is 4.74 Å². The van der Waals surface area contributed by atoms with Gasteiger partial charge < -0.3 is 10.1 Å². The molecule has 0 aliphatic rings. The van der Waals surface area contributed by atoms with Gasteiger partial charge in [-0.1, -0.05) is 13.3 Å². The predicted molar refractivity (Wildman–Crippen MR) is 99.7 cm³/mol. The molecule has 0 aliphatic carbocycles. The van der Waals surface area contributed by atoms with E-state index in [1.165, 1.54) is 19.2 Å². The third kappa shape index (κ3) is 3.79. The standard InChI is InChI=1S/C20H20FN3O2/c1-3-4-11-22-19-18(13-5-8-15(21)9-6-13)23-16-10-7-14(20(25)26-2)12-17(16)24-19/h5-10,12H,3-4,11H2,1-2H3,(H,22,24). The smallest absolute Gasteiger partial charge is 0.337 e. The summed E-state index contributed by atoms with van der Waals surface area (Å²) in [4.78, 5) is 21.1. The van der Waals surface area contributed by atoms with Crippen LogP contribution in [0.15, 0.2) is 42.5 Å². The number of fused-ring (bicyclic) bond motifs is 1. The van der Waals surface area contributed by atoms with Crippen molar-refractivity contribution in [3.63, 3.8) is 0 Å². The Morgan fingerprint density at radius 1 is 1.12 bits per heavy atom. The second-order valence-electron chi connectivity index (χ2n) is 5.90. The number of rotatable bonds is 6. The summed E-state index contributed by atoms with van der Waals surface area (Å²) in [6.07, 6.45) is 2.04. The van der Waals surface area contributed by atoms with E-state index in [-0.39, 0.29) is 5.82 Å². The molecule has 0 spiro atoms. The highest BCUT2D eigenvalue weighted by Crippen LogP contribution is 2.28. The Morgan fingerprint density at radius 3 is 2.58 bits per heavy atom. The lowest BCUT2D eigenvalue weighted by atomic mass is 10.1. The number of anilines is 1. The van der Waals surface area contributed by atoms with Gasteiger partial charge in [-0.3, -0.25) is 0 Å². The molecule has 6 heteroatoms. The molecule has 1 N–H and O–H groups in total. The minimum absolute atomic E-state index is 0.300. The molecule has 1 heterocycles. The Labute approximate surface area is 151 Å². The van der Waals surface area contributed by atoms with E-state index in [2.05, 4.69) is 22.2 Å². The topological polar surface area (TPSA) is 64.1 Å². The first-order chi connectivity index (χ1) is 12.6. The maximum atomic E-state index is 13.3. The second kappa shape index (κ2) is 7.91. The fourth-order valence-electron chi connectivity index (χ4n) is 2.62. The minimum atomic E-state index is -0.420. The molecule has 0 aliphatic heterocycles. The zero-order chi connectivity index (χ0) is 18.5. The lowest BCUT2D eigenvalue weighted by Gasteiger charge is -2.12. The largest absolute Gasteiger partial charge is 0.465 e. The molecule has 134 valence electrons. The molecule has 0 atom stereocenters. The molecule has 26 heavy (non-hydrogen) atoms. The summed E-state index contributed by atoms with van der Waals surface area (Å²) < 4.78 is 18.0. The van der Waals surface area contributed by atoms with Gasteiger partial charge in [-0.15, -0.1) is 0 Å². The molecule has 1 aromatic heterocycles. The van der Waals surface area contributed by atoms with Gasteiger partial charge >= 0.3 is 5.97 Å². The lowest BCUT2D eigenvalue weighted by molar-refractivity contribution is 0.0601. The second-order valence-corrected chi connectivity index (χ2v) is 5.90. The Balaban J connectivity index is 2.10. The van der Waals surface area contributed by atoms with Crippen LogP contribution >= 0.6 is 0 Å². The highest BCUT2D eigenvalue weighted by Gasteiger charge is 2.13. The van der Waals surface area contributed by atoms with E-state index in [0.717, 1.165) is 24.9 Å². The first-order valence-electron chi connectivity index (χ1n) is 8.52. The summed E-state index contributed by atoms with van der Waals surface area (Å²) in [5.41, 5.74) is 3.09. The number of ether oxygens (including phenoxy) is 1. The number of carbonyl (C=O) groups is 1. The fourth-order valence-corrected chi connectivity index (χ4v) is 2.62. The third-order valence-corrected chi connectivity index (χ3v) is 4.03. The third-order valence-electron chi connectivity index (χ3n) is 4.03. The highest BCUT2D eigenvalue weighted by molar-refractivity contribution is 5.94. The quantitative estimate of drug-likeness (QED) is 0.524. The highest BCUT2D eigenvalue weighted by atomic mass is 19.1. The number of aromatic nitrogens is 2. The van der Waals surface area contributed by atoms with Crippen molar-refractivity contribution in [1.29, 1.82) is 0 Å². The zero-order valence-corrected chi connectivity index (χ0v) is 14.8. The summed E-state index contributed by atoms with van der Waals surface area (Å²) in [7, 11) is 1.34. The van der Waals surface area contributed by atoms with E-state index >= 15 is 0 Å². The van der Waals surface area contributed by atoms with Crippen molar-refractivity contribution in [2.45, 2.75) is 19.8 Å². The first kappa shape index (κ1) is 17.8. The van der Waals surface area contributed by atoms with Crippen LogP contribution in [0.25, 0.3) is 22.3 Å². The molecule has 0 saturated heterocycles. The van der Waals surface area contributed by atoms with Crippen LogP contribution in [-0.4, -0.2) is 29.6 Å². The summed E-state index contributed by atoms with van der Waals surface area (Å²) in [6.45, 7) is 2.86. The van der Waals surface area contributed by atoms with E-state index < -0.39 is 5.97 Å². The molecular weight excluding hydrogens is 333 g/mol. The normalized spacial score (nSPS) is 10.7. The van der Waals surface area contributed by atoms with Crippen LogP contribution in [0.4, 0.5) is 10.2 Å². The summed E-state index contributed by atoms with van der Waals surface area (Å²) in [5.74, 6) is -0.109. The van der Waals surface area contributed by atoms with Crippen LogP contribution in [0.5, 0.6) is 0 Å². The number of methoxy groups -OCH3 is 1. The van der Waals surface area contributed by atoms with E-state index in [1.54, 1.807) is 30.3 Å². The summed E-state index contributed by atoms with van der Waals surface area (Å²) in [5, 5.41) is 3.30. The van der Waals surface area contributed by atoms with Gasteiger partial charge in [-0.2, -0.15) is 0 Å². The SMILES string of the molecule is CCCCNc1nc2cc(C(=O)OC)ccc2nc1-c1ccc(F)cc1. The molecule has 0 fully saturated rings. The molecule has 0 unspecified atom stereocenters. The molecule has 0 bridgehead atoms. The maximum Gasteiger partial charge on any atom is 0.337 e. The van der Waals surface area contributed by atoms with Crippen LogP contribution < -0.4 is 5.32 Å². The number of unbranched alkanes of at least 4 members (excludes halogenated alkanes) is 1. The molecular formula is C20H20FN3O2. The van der Waals surface area contributed by atoms with Crippen LogP contribution in [-0.2, 0) is 4.74 Å². The van der Waals surface area contributed by atoms with Crippen LogP contribution in [0, 0.1) is 5.82 Å². The number of esters is 1. The maximum absolute atomic E-state index is 13.3. The molecule has 2 aromatic carbocycles. The number of hydrogen-bond donors (Lipinski definition) is 1. The number of hydrogen-bond acceptors (Lipinski definition) is 5. The van der Waals surface area contributed by atoms with Crippen molar-refractivity contribution >= 4 is 22.8 Å². The molecule has 3 rings (SSSR count). The Hall–Kier alpha value is -3.02. The molecule has 0 radical (unpaired) electrons. The summed E-state index contributed by atoms with van der Waals surface area (Å²) >= 11 is 0. The molecule has 5 nitrogen and oxygen atoms in total. The van der Waals surface area contributed by atoms with Gasteiger partial charge in [0, 0.05) is 12.1 Å². The van der Waals surface area contributed by atoms with Gasteiger partial charge in [-0.05, 0) is 48.9 Å². The Bertz CT molecular complexity index is 926. The number of nitrogens with zero attached hydrogens (tertiary/aromatic N) is 2. The molecule has 0 saturated carbocycles. The van der Waals surface area contributed by atoms with Crippen molar-refractivity contribution < 1.29 is 13.9 Å². The van der Waals surface area contributed by atoms with E-state index in [9.17, 15) is 9.18 Å². The van der Waals surface area contributed by atoms with E-state index in [0.29, 0.717) is 28.1 Å². The van der Waals surface area contributed by atoms with Gasteiger partial charge in [0.2, 0.25) is 0 Å². The van der Waals surface area contributed by atoms with Crippen molar-refractivity contribution in [3.05, 3.63) is 53.8 Å². The zero-order valence-electron chi connectivity index (χ0n) is 14.8. The minimum Gasteiger partial charge on any atom is -0.465 e. The number of nitrogens with one attached hydrogen (secondary N) is 1. The van der Waals surface area contributed by atoms with Gasteiger partial charge in [0.05, 0.1) is 23.7 Å². The Morgan fingerprint density at radius 2 is 1.88 bits per heavy atom. The van der Waals surface area contributed by atoms with Gasteiger partial charge in [0.15, 0.2) is 5.82 Å². The first-order valence-corrected chi connectivity index (χ1v) is 8.52. The summed E-state index contributed by atoms with van der Waals surface area (Å²) in [6, 6.07) is 11.2. The average molecular weight is 353 g/mol. The van der Waals surface area contributed by atoms with Crippen molar-refractivity contribution in [2.75, 3.05) is 19.0 Å². The fraction of sp³-hybridized carbons (Fsp3) is 0.250. The van der Waals surface area contributed by atoms with Gasteiger partial charge in [0.25, 0.3) is 0 Å². The van der Waals surface area contributed by atoms with Crippen molar-refractivity contribution in [3.8, 4) is 11.3 Å². The van der Waals surface area contributed by atoms with Crippen molar-refractivity contribution in [2.24, 2.45) is 0 Å². The average Bonchev–Trinajstić information content (AvgIpc) is 2.67. The number of benzene rings is 2. The van der Waals surface area contributed by atoms with Crippen LogP contribution in [0.1, 0.15) is 30.1 Å². The van der Waals surface area contributed by atoms with E-state index in [1.807, 2.05) is 0 Å². The predicted octanol–water partition coefficient (Wildman–Crippen LogP) is 4.43. The molecule has 0 amide bonds. The number of carbonyl (C=O) groups excluding carboxylic acids is 1.